The number of esters is 1. The predicted octanol–water partition coefficient (Wildman–Crippen LogP) is 4.29. The molecule has 0 fully saturated rings. The number of ether oxygens (including phenoxy) is 1. The molecule has 0 heterocycles. The first kappa shape index (κ1) is 16.3. The zero-order chi connectivity index (χ0) is 15.6. The van der Waals surface area contributed by atoms with Gasteiger partial charge in [0.15, 0.2) is 0 Å². The van der Waals surface area contributed by atoms with Gasteiger partial charge in [-0.1, -0.05) is 6.92 Å². The largest absolute Gasteiger partial charge is 0.462 e. The standard InChI is InChI=1S/C12H10F6O2/c1-2-5-20-10(19)8-4-3-7(11(13,14)15)6-9(8)12(16,17)18/h3-4,6H,2,5H2,1H3. The average molecular weight is 300 g/mol. The van der Waals surface area contributed by atoms with Crippen LogP contribution in [0.15, 0.2) is 18.2 Å². The molecule has 0 amide bonds. The molecule has 0 aliphatic carbocycles. The topological polar surface area (TPSA) is 26.3 Å². The third-order valence-electron chi connectivity index (χ3n) is 2.31. The fourth-order valence-corrected chi connectivity index (χ4v) is 1.41. The summed E-state index contributed by atoms with van der Waals surface area (Å²) in [5.41, 5.74) is -4.07. The maximum atomic E-state index is 12.7. The molecule has 0 saturated carbocycles. The summed E-state index contributed by atoms with van der Waals surface area (Å²) in [6, 6.07) is 0.796. The van der Waals surface area contributed by atoms with E-state index in [2.05, 4.69) is 4.74 Å². The van der Waals surface area contributed by atoms with Gasteiger partial charge in [0.2, 0.25) is 0 Å². The summed E-state index contributed by atoms with van der Waals surface area (Å²) < 4.78 is 79.9. The number of halogens is 6. The zero-order valence-electron chi connectivity index (χ0n) is 10.2. The Morgan fingerprint density at radius 2 is 1.70 bits per heavy atom. The molecule has 0 aliphatic heterocycles. The van der Waals surface area contributed by atoms with E-state index in [4.69, 9.17) is 0 Å². The SMILES string of the molecule is CCCOC(=O)c1ccc(C(F)(F)F)cc1C(F)(F)F. The Morgan fingerprint density at radius 3 is 2.15 bits per heavy atom. The minimum absolute atomic E-state index is 0.0947. The second-order valence-corrected chi connectivity index (χ2v) is 3.89. The van der Waals surface area contributed by atoms with Gasteiger partial charge >= 0.3 is 18.3 Å². The van der Waals surface area contributed by atoms with Crippen LogP contribution in [0.3, 0.4) is 0 Å². The summed E-state index contributed by atoms with van der Waals surface area (Å²) in [6.45, 7) is 1.52. The van der Waals surface area contributed by atoms with E-state index in [1.807, 2.05) is 0 Å². The van der Waals surface area contributed by atoms with Crippen molar-refractivity contribution in [3.8, 4) is 0 Å². The van der Waals surface area contributed by atoms with Crippen molar-refractivity contribution in [2.75, 3.05) is 6.61 Å². The number of carbonyl (C=O) groups is 1. The maximum Gasteiger partial charge on any atom is 0.417 e. The quantitative estimate of drug-likeness (QED) is 0.615. The number of rotatable bonds is 3. The highest BCUT2D eigenvalue weighted by Gasteiger charge is 2.39. The molecule has 1 rings (SSSR count). The molecular formula is C12H10F6O2. The van der Waals surface area contributed by atoms with E-state index in [9.17, 15) is 31.1 Å². The number of carbonyl (C=O) groups excluding carboxylic acids is 1. The average Bonchev–Trinajstić information content (AvgIpc) is 2.33. The van der Waals surface area contributed by atoms with Crippen LogP contribution >= 0.6 is 0 Å². The summed E-state index contributed by atoms with van der Waals surface area (Å²) in [4.78, 5) is 11.4. The van der Waals surface area contributed by atoms with Crippen LogP contribution in [0.2, 0.25) is 0 Å². The molecule has 0 bridgehead atoms. The van der Waals surface area contributed by atoms with E-state index in [1.165, 1.54) is 0 Å². The predicted molar refractivity (Wildman–Crippen MR) is 57.0 cm³/mol. The Balaban J connectivity index is 3.28. The molecule has 0 aliphatic rings. The highest BCUT2D eigenvalue weighted by molar-refractivity contribution is 5.91. The van der Waals surface area contributed by atoms with Crippen molar-refractivity contribution in [1.29, 1.82) is 0 Å². The van der Waals surface area contributed by atoms with Crippen LogP contribution in [0, 0.1) is 0 Å². The molecule has 8 heteroatoms. The lowest BCUT2D eigenvalue weighted by Gasteiger charge is -2.15. The van der Waals surface area contributed by atoms with Crippen molar-refractivity contribution in [2.45, 2.75) is 25.7 Å². The van der Waals surface area contributed by atoms with Crippen molar-refractivity contribution in [1.82, 2.24) is 0 Å². The van der Waals surface area contributed by atoms with Gasteiger partial charge < -0.3 is 4.74 Å². The van der Waals surface area contributed by atoms with Gasteiger partial charge in [0.25, 0.3) is 0 Å². The van der Waals surface area contributed by atoms with Crippen LogP contribution < -0.4 is 0 Å². The molecule has 0 aromatic heterocycles. The third kappa shape index (κ3) is 3.88. The second kappa shape index (κ2) is 5.72. The first-order chi connectivity index (χ1) is 9.07. The Labute approximate surface area is 110 Å². The van der Waals surface area contributed by atoms with Gasteiger partial charge in [0.1, 0.15) is 0 Å². The Hall–Kier alpha value is -1.73. The molecule has 0 spiro atoms. The summed E-state index contributed by atoms with van der Waals surface area (Å²) in [5, 5.41) is 0. The lowest BCUT2D eigenvalue weighted by Crippen LogP contribution is -2.17. The van der Waals surface area contributed by atoms with Crippen molar-refractivity contribution in [3.63, 3.8) is 0 Å². The lowest BCUT2D eigenvalue weighted by atomic mass is 10.0. The third-order valence-corrected chi connectivity index (χ3v) is 2.31. The molecule has 20 heavy (non-hydrogen) atoms. The molecule has 0 N–H and O–H groups in total. The summed E-state index contributed by atoms with van der Waals surface area (Å²) in [7, 11) is 0. The van der Waals surface area contributed by atoms with Crippen LogP contribution in [0.5, 0.6) is 0 Å². The van der Waals surface area contributed by atoms with Crippen molar-refractivity contribution < 1.29 is 35.9 Å². The van der Waals surface area contributed by atoms with Gasteiger partial charge in [-0.05, 0) is 24.6 Å². The molecule has 0 radical (unpaired) electrons. The summed E-state index contributed by atoms with van der Waals surface area (Å²) in [5.74, 6) is -1.30. The number of benzene rings is 1. The Bertz CT molecular complexity index is 490. The lowest BCUT2D eigenvalue weighted by molar-refractivity contribution is -0.143. The van der Waals surface area contributed by atoms with Crippen LogP contribution in [-0.4, -0.2) is 12.6 Å². The van der Waals surface area contributed by atoms with E-state index in [0.717, 1.165) is 0 Å². The molecule has 1 aromatic carbocycles. The van der Waals surface area contributed by atoms with E-state index >= 15 is 0 Å². The van der Waals surface area contributed by atoms with E-state index in [-0.39, 0.29) is 12.7 Å². The highest BCUT2D eigenvalue weighted by atomic mass is 19.4. The molecule has 2 nitrogen and oxygen atoms in total. The Kier molecular flexibility index (Phi) is 4.67. The fourth-order valence-electron chi connectivity index (χ4n) is 1.41. The summed E-state index contributed by atoms with van der Waals surface area (Å²) in [6.07, 6.45) is -9.62. The van der Waals surface area contributed by atoms with Crippen molar-refractivity contribution >= 4 is 5.97 Å². The van der Waals surface area contributed by atoms with Gasteiger partial charge in [-0.15, -0.1) is 0 Å². The van der Waals surface area contributed by atoms with Gasteiger partial charge in [-0.2, -0.15) is 26.3 Å². The first-order valence-electron chi connectivity index (χ1n) is 5.53. The van der Waals surface area contributed by atoms with Gasteiger partial charge in [0.05, 0.1) is 23.3 Å². The number of hydrogen-bond donors (Lipinski definition) is 0. The van der Waals surface area contributed by atoms with E-state index in [1.54, 1.807) is 6.92 Å². The normalized spacial score (nSPS) is 12.3. The maximum absolute atomic E-state index is 12.7. The molecule has 0 saturated heterocycles. The minimum atomic E-state index is -5.08. The minimum Gasteiger partial charge on any atom is -0.462 e. The zero-order valence-corrected chi connectivity index (χ0v) is 10.2. The number of alkyl halides is 6. The first-order valence-corrected chi connectivity index (χ1v) is 5.53. The van der Waals surface area contributed by atoms with Crippen LogP contribution in [0.25, 0.3) is 0 Å². The molecular weight excluding hydrogens is 290 g/mol. The van der Waals surface area contributed by atoms with E-state index < -0.39 is 35.0 Å². The summed E-state index contributed by atoms with van der Waals surface area (Å²) >= 11 is 0. The van der Waals surface area contributed by atoms with Crippen molar-refractivity contribution in [2.24, 2.45) is 0 Å². The molecule has 1 aromatic rings. The second-order valence-electron chi connectivity index (χ2n) is 3.89. The van der Waals surface area contributed by atoms with Gasteiger partial charge in [0, 0.05) is 0 Å². The number of hydrogen-bond acceptors (Lipinski definition) is 2. The van der Waals surface area contributed by atoms with Gasteiger partial charge in [-0.25, -0.2) is 4.79 Å². The van der Waals surface area contributed by atoms with Crippen LogP contribution in [-0.2, 0) is 17.1 Å². The smallest absolute Gasteiger partial charge is 0.417 e. The van der Waals surface area contributed by atoms with Crippen molar-refractivity contribution in [3.05, 3.63) is 34.9 Å². The fraction of sp³-hybridized carbons (Fsp3) is 0.417. The van der Waals surface area contributed by atoms with Crippen LogP contribution in [0.1, 0.15) is 34.8 Å². The van der Waals surface area contributed by atoms with E-state index in [0.29, 0.717) is 18.6 Å². The molecule has 0 unspecified atom stereocenters. The molecule has 112 valence electrons. The monoisotopic (exact) mass is 300 g/mol. The molecule has 0 atom stereocenters. The Morgan fingerprint density at radius 1 is 1.10 bits per heavy atom. The highest BCUT2D eigenvalue weighted by Crippen LogP contribution is 2.37. The van der Waals surface area contributed by atoms with Gasteiger partial charge in [-0.3, -0.25) is 0 Å². The van der Waals surface area contributed by atoms with Crippen LogP contribution in [0.4, 0.5) is 26.3 Å².